The van der Waals surface area contributed by atoms with Crippen LogP contribution in [0.25, 0.3) is 11.2 Å². The second-order valence-electron chi connectivity index (χ2n) is 6.44. The number of carboxylic acid groups (broad SMARTS) is 1. The zero-order valence-electron chi connectivity index (χ0n) is 15.8. The van der Waals surface area contributed by atoms with E-state index in [4.69, 9.17) is 16.6 Å². The van der Waals surface area contributed by atoms with Crippen LogP contribution in [0.3, 0.4) is 0 Å². The van der Waals surface area contributed by atoms with Gasteiger partial charge in [-0.05, 0) is 31.2 Å². The number of benzene rings is 1. The highest BCUT2D eigenvalue weighted by atomic mass is 16.4. The van der Waals surface area contributed by atoms with E-state index < -0.39 is 17.9 Å². The number of amides is 1. The molecule has 1 aromatic carbocycles. The number of fused-ring (bicyclic) bond motifs is 1. The molecule has 6 N–H and O–H groups in total. The number of carbonyl (C=O) groups excluding carboxylic acids is 1. The minimum absolute atomic E-state index is 0.0380. The van der Waals surface area contributed by atoms with Crippen molar-refractivity contribution in [3.8, 4) is 0 Å². The average molecular weight is 396 g/mol. The van der Waals surface area contributed by atoms with E-state index in [2.05, 4.69) is 25.3 Å². The summed E-state index contributed by atoms with van der Waals surface area (Å²) in [4.78, 5) is 41.4. The summed E-state index contributed by atoms with van der Waals surface area (Å²) in [6, 6.07) is 5.79. The first-order valence-corrected chi connectivity index (χ1v) is 8.64. The van der Waals surface area contributed by atoms with Crippen LogP contribution in [-0.2, 0) is 11.3 Å². The SMILES string of the molecule is C[C@H](NC(=O)c1ccc(N(C)Cc2cnc3nc(N)nc(N)c3n2)cc1)C(=O)O. The molecule has 3 rings (SSSR count). The van der Waals surface area contributed by atoms with Gasteiger partial charge in [-0.1, -0.05) is 0 Å². The number of hydrogen-bond donors (Lipinski definition) is 4. The second kappa shape index (κ2) is 7.92. The van der Waals surface area contributed by atoms with Crippen molar-refractivity contribution in [1.82, 2.24) is 25.3 Å². The fraction of sp³-hybridized carbons (Fsp3) is 0.222. The van der Waals surface area contributed by atoms with E-state index in [1.807, 2.05) is 11.9 Å². The van der Waals surface area contributed by atoms with Crippen LogP contribution < -0.4 is 21.7 Å². The summed E-state index contributed by atoms with van der Waals surface area (Å²) >= 11 is 0. The predicted molar refractivity (Wildman–Crippen MR) is 107 cm³/mol. The summed E-state index contributed by atoms with van der Waals surface area (Å²) < 4.78 is 0. The first-order chi connectivity index (χ1) is 13.7. The summed E-state index contributed by atoms with van der Waals surface area (Å²) in [6.45, 7) is 1.83. The molecule has 0 fully saturated rings. The summed E-state index contributed by atoms with van der Waals surface area (Å²) in [6.07, 6.45) is 1.58. The Bertz CT molecular complexity index is 1070. The normalized spacial score (nSPS) is 11.8. The van der Waals surface area contributed by atoms with Gasteiger partial charge in [0.1, 0.15) is 6.04 Å². The van der Waals surface area contributed by atoms with Crippen LogP contribution in [0, 0.1) is 0 Å². The van der Waals surface area contributed by atoms with E-state index in [1.165, 1.54) is 6.92 Å². The number of carboxylic acids is 1. The van der Waals surface area contributed by atoms with Crippen molar-refractivity contribution in [3.63, 3.8) is 0 Å². The Morgan fingerprint density at radius 2 is 1.86 bits per heavy atom. The van der Waals surface area contributed by atoms with Gasteiger partial charge in [0.15, 0.2) is 17.0 Å². The van der Waals surface area contributed by atoms with Gasteiger partial charge in [-0.2, -0.15) is 9.97 Å². The molecular formula is C18H20N8O3. The van der Waals surface area contributed by atoms with Gasteiger partial charge in [-0.25, -0.2) is 9.97 Å². The summed E-state index contributed by atoms with van der Waals surface area (Å²) in [5, 5.41) is 11.3. The fourth-order valence-corrected chi connectivity index (χ4v) is 2.60. The largest absolute Gasteiger partial charge is 0.480 e. The van der Waals surface area contributed by atoms with Crippen molar-refractivity contribution < 1.29 is 14.7 Å². The molecule has 2 aromatic heterocycles. The van der Waals surface area contributed by atoms with Crippen molar-refractivity contribution >= 4 is 40.5 Å². The highest BCUT2D eigenvalue weighted by molar-refractivity contribution is 5.96. The number of nitrogens with zero attached hydrogens (tertiary/aromatic N) is 5. The van der Waals surface area contributed by atoms with Crippen LogP contribution in [0.15, 0.2) is 30.5 Å². The molecule has 0 aliphatic rings. The van der Waals surface area contributed by atoms with Crippen molar-refractivity contribution in [2.75, 3.05) is 23.4 Å². The molecule has 0 spiro atoms. The van der Waals surface area contributed by atoms with Crippen LogP contribution in [-0.4, -0.2) is 50.0 Å². The molecule has 1 atom stereocenters. The minimum atomic E-state index is -1.10. The van der Waals surface area contributed by atoms with E-state index in [0.29, 0.717) is 29.0 Å². The molecule has 1 amide bonds. The number of rotatable bonds is 6. The molecule has 11 nitrogen and oxygen atoms in total. The van der Waals surface area contributed by atoms with Crippen molar-refractivity contribution in [2.24, 2.45) is 0 Å². The topological polar surface area (TPSA) is 173 Å². The molecule has 0 aliphatic carbocycles. The third-order valence-electron chi connectivity index (χ3n) is 4.19. The van der Waals surface area contributed by atoms with Crippen LogP contribution >= 0.6 is 0 Å². The van der Waals surface area contributed by atoms with Crippen LogP contribution in [0.4, 0.5) is 17.5 Å². The number of nitrogen functional groups attached to an aromatic ring is 2. The van der Waals surface area contributed by atoms with Gasteiger partial charge < -0.3 is 26.8 Å². The maximum absolute atomic E-state index is 12.1. The predicted octanol–water partition coefficient (Wildman–Crippen LogP) is 0.424. The number of aromatic nitrogens is 4. The van der Waals surface area contributed by atoms with Crippen LogP contribution in [0.5, 0.6) is 0 Å². The van der Waals surface area contributed by atoms with E-state index in [9.17, 15) is 9.59 Å². The monoisotopic (exact) mass is 396 g/mol. The molecule has 0 aliphatic heterocycles. The Morgan fingerprint density at radius 3 is 2.52 bits per heavy atom. The first kappa shape index (κ1) is 19.7. The lowest BCUT2D eigenvalue weighted by molar-refractivity contribution is -0.138. The van der Waals surface area contributed by atoms with Gasteiger partial charge >= 0.3 is 5.97 Å². The summed E-state index contributed by atoms with van der Waals surface area (Å²) in [5.41, 5.74) is 14.0. The van der Waals surface area contributed by atoms with Crippen molar-refractivity contribution in [3.05, 3.63) is 41.7 Å². The summed E-state index contributed by atoms with van der Waals surface area (Å²) in [5.74, 6) is -1.35. The third-order valence-corrected chi connectivity index (χ3v) is 4.19. The molecular weight excluding hydrogens is 376 g/mol. The number of nitrogens with one attached hydrogen (secondary N) is 1. The highest BCUT2D eigenvalue weighted by Gasteiger charge is 2.15. The smallest absolute Gasteiger partial charge is 0.325 e. The third kappa shape index (κ3) is 4.46. The van der Waals surface area contributed by atoms with Gasteiger partial charge in [0, 0.05) is 18.3 Å². The zero-order chi connectivity index (χ0) is 21.1. The number of anilines is 3. The van der Waals surface area contributed by atoms with Crippen molar-refractivity contribution in [2.45, 2.75) is 19.5 Å². The van der Waals surface area contributed by atoms with Crippen LogP contribution in [0.1, 0.15) is 23.0 Å². The molecule has 0 radical (unpaired) electrons. The number of carbonyl (C=O) groups is 2. The highest BCUT2D eigenvalue weighted by Crippen LogP contribution is 2.18. The Kier molecular flexibility index (Phi) is 5.39. The fourth-order valence-electron chi connectivity index (χ4n) is 2.60. The Balaban J connectivity index is 1.72. The van der Waals surface area contributed by atoms with Gasteiger partial charge in [-0.3, -0.25) is 9.59 Å². The maximum Gasteiger partial charge on any atom is 0.325 e. The average Bonchev–Trinajstić information content (AvgIpc) is 2.68. The van der Waals surface area contributed by atoms with E-state index >= 15 is 0 Å². The Morgan fingerprint density at radius 1 is 1.17 bits per heavy atom. The van der Waals surface area contributed by atoms with Gasteiger partial charge in [-0.15, -0.1) is 0 Å². The zero-order valence-corrected chi connectivity index (χ0v) is 15.8. The molecule has 0 bridgehead atoms. The van der Waals surface area contributed by atoms with Gasteiger partial charge in [0.2, 0.25) is 5.95 Å². The molecule has 29 heavy (non-hydrogen) atoms. The van der Waals surface area contributed by atoms with Gasteiger partial charge in [0.05, 0.1) is 18.4 Å². The quantitative estimate of drug-likeness (QED) is 0.457. The Hall–Kier alpha value is -4.02. The number of nitrogens with two attached hydrogens (primary N) is 2. The van der Waals surface area contributed by atoms with E-state index in [0.717, 1.165) is 5.69 Å². The lowest BCUT2D eigenvalue weighted by atomic mass is 10.1. The molecule has 0 saturated heterocycles. The first-order valence-electron chi connectivity index (χ1n) is 8.64. The van der Waals surface area contributed by atoms with E-state index in [-0.39, 0.29) is 11.8 Å². The lowest BCUT2D eigenvalue weighted by Gasteiger charge is -2.19. The standard InChI is InChI=1S/C18H20N8O3/c1-9(17(28)29)22-16(27)10-3-5-12(6-4-10)26(2)8-11-7-21-15-13(23-11)14(19)24-18(20)25-15/h3-7,9H,8H2,1-2H3,(H,22,27)(H,28,29)(H4,19,20,21,24,25)/t9-/m0/s1. The molecule has 0 unspecified atom stereocenters. The molecule has 3 aromatic rings. The van der Waals surface area contributed by atoms with E-state index in [1.54, 1.807) is 30.5 Å². The maximum atomic E-state index is 12.1. The lowest BCUT2D eigenvalue weighted by Crippen LogP contribution is -2.38. The number of hydrogen-bond acceptors (Lipinski definition) is 9. The molecule has 2 heterocycles. The Labute approximate surface area is 165 Å². The van der Waals surface area contributed by atoms with Crippen molar-refractivity contribution in [1.29, 1.82) is 0 Å². The molecule has 11 heteroatoms. The second-order valence-corrected chi connectivity index (χ2v) is 6.44. The minimum Gasteiger partial charge on any atom is -0.480 e. The molecule has 150 valence electrons. The summed E-state index contributed by atoms with van der Waals surface area (Å²) in [7, 11) is 1.86. The van der Waals surface area contributed by atoms with Crippen LogP contribution in [0.2, 0.25) is 0 Å². The van der Waals surface area contributed by atoms with Gasteiger partial charge in [0.25, 0.3) is 5.91 Å². The number of aliphatic carboxylic acids is 1. The molecule has 0 saturated carbocycles.